The molecule has 76 valence electrons. The van der Waals surface area contributed by atoms with Crippen LogP contribution >= 0.6 is 0 Å². The Hall–Kier alpha value is -1.15. The summed E-state index contributed by atoms with van der Waals surface area (Å²) in [4.78, 5) is 18.8. The van der Waals surface area contributed by atoms with Crippen LogP contribution in [0.1, 0.15) is 6.92 Å². The van der Waals surface area contributed by atoms with Crippen LogP contribution in [-0.2, 0) is 9.59 Å². The normalized spacial score (nSPS) is 6.85. The predicted octanol–water partition coefficient (Wildman–Crippen LogP) is -1.46. The van der Waals surface area contributed by atoms with Crippen molar-refractivity contribution in [1.82, 2.24) is 0 Å². The van der Waals surface area contributed by atoms with Gasteiger partial charge in [0, 0.05) is 11.6 Å². The molecule has 0 bridgehead atoms. The van der Waals surface area contributed by atoms with Crippen LogP contribution in [0.2, 0.25) is 0 Å². The SMILES string of the molecule is C=C(C)C(=O)O.C=CC(=O)O.[SiH3][SiH3]. The molecule has 0 fully saturated rings. The van der Waals surface area contributed by atoms with Crippen molar-refractivity contribution in [3.05, 3.63) is 24.8 Å². The largest absolute Gasteiger partial charge is 0.478 e. The molecule has 0 aromatic carbocycles. The molecule has 2 N–H and O–H groups in total. The molecular formula is C7H16O4Si2. The van der Waals surface area contributed by atoms with Gasteiger partial charge in [-0.25, -0.2) is 9.59 Å². The van der Waals surface area contributed by atoms with Gasteiger partial charge in [-0.15, -0.1) is 0 Å². The van der Waals surface area contributed by atoms with E-state index in [0.29, 0.717) is 0 Å². The number of carboxylic acid groups (broad SMARTS) is 2. The van der Waals surface area contributed by atoms with Crippen molar-refractivity contribution < 1.29 is 19.8 Å². The Balaban J connectivity index is -0.000000131. The fourth-order valence-electron chi connectivity index (χ4n) is 0. The molecule has 0 saturated heterocycles. The van der Waals surface area contributed by atoms with E-state index in [1.165, 1.54) is 26.4 Å². The van der Waals surface area contributed by atoms with Crippen molar-refractivity contribution in [2.24, 2.45) is 0 Å². The van der Waals surface area contributed by atoms with Crippen LogP contribution in [0.4, 0.5) is 0 Å². The minimum atomic E-state index is -0.981. The highest BCUT2D eigenvalue weighted by atomic mass is 29.1. The van der Waals surface area contributed by atoms with Crippen LogP contribution < -0.4 is 0 Å². The van der Waals surface area contributed by atoms with E-state index in [1.54, 1.807) is 0 Å². The van der Waals surface area contributed by atoms with E-state index in [2.05, 4.69) is 13.2 Å². The lowest BCUT2D eigenvalue weighted by Crippen LogP contribution is -1.92. The molecule has 0 atom stereocenters. The molecule has 6 heteroatoms. The lowest BCUT2D eigenvalue weighted by Gasteiger charge is -1.79. The van der Waals surface area contributed by atoms with Crippen LogP contribution in [0, 0.1) is 0 Å². The van der Waals surface area contributed by atoms with Gasteiger partial charge in [0.05, 0.1) is 0 Å². The highest BCUT2D eigenvalue weighted by Crippen LogP contribution is 1.81. The molecule has 0 spiro atoms. The molecule has 13 heavy (non-hydrogen) atoms. The number of hydrogen-bond acceptors (Lipinski definition) is 2. The summed E-state index contributed by atoms with van der Waals surface area (Å²) in [5.41, 5.74) is 0.176. The molecule has 4 nitrogen and oxygen atoms in total. The zero-order valence-electron chi connectivity index (χ0n) is 8.20. The van der Waals surface area contributed by atoms with E-state index < -0.39 is 11.9 Å². The first-order valence-electron chi connectivity index (χ1n) is 3.66. The molecule has 0 unspecified atom stereocenters. The summed E-state index contributed by atoms with van der Waals surface area (Å²) in [5, 5.41) is 15.5. The van der Waals surface area contributed by atoms with E-state index >= 15 is 0 Å². The van der Waals surface area contributed by atoms with Crippen molar-refractivity contribution in [3.63, 3.8) is 0 Å². The Bertz CT molecular complexity index is 177. The molecular weight excluding hydrogens is 204 g/mol. The van der Waals surface area contributed by atoms with Crippen molar-refractivity contribution in [1.29, 1.82) is 0 Å². The first-order chi connectivity index (χ1) is 5.91. The summed E-state index contributed by atoms with van der Waals surface area (Å²) in [5.74, 6) is -1.92. The third-order valence-corrected chi connectivity index (χ3v) is 0.540. The predicted molar refractivity (Wildman–Crippen MR) is 60.2 cm³/mol. The minimum Gasteiger partial charge on any atom is -0.478 e. The molecule has 0 aromatic rings. The molecule has 0 aliphatic heterocycles. The third kappa shape index (κ3) is 36.1. The van der Waals surface area contributed by atoms with Gasteiger partial charge in [0.2, 0.25) is 0 Å². The summed E-state index contributed by atoms with van der Waals surface area (Å²) in [6, 6.07) is 0. The Morgan fingerprint density at radius 1 is 1.31 bits per heavy atom. The van der Waals surface area contributed by atoms with Gasteiger partial charge >= 0.3 is 11.9 Å². The number of carboxylic acids is 2. The molecule has 0 radical (unpaired) electrons. The van der Waals surface area contributed by atoms with Gasteiger partial charge in [-0.1, -0.05) is 13.2 Å². The highest BCUT2D eigenvalue weighted by Gasteiger charge is 1.90. The molecule has 0 aliphatic carbocycles. The fraction of sp³-hybridized carbons (Fsp3) is 0.143. The number of rotatable bonds is 2. The zero-order valence-corrected chi connectivity index (χ0v) is 12.2. The maximum Gasteiger partial charge on any atom is 0.330 e. The standard InChI is InChI=1S/C4H6O2.C3H4O2.H6Si2/c1-3(2)4(5)6;1-2-3(4)5;1-2/h1H2,2H3,(H,5,6);2H,1H2,(H,4,5);1-2H3. The second kappa shape index (κ2) is 13.4. The Morgan fingerprint density at radius 2 is 1.46 bits per heavy atom. The van der Waals surface area contributed by atoms with Crippen LogP contribution in [-0.4, -0.2) is 41.7 Å². The summed E-state index contributed by atoms with van der Waals surface area (Å²) in [7, 11) is 2.89. The van der Waals surface area contributed by atoms with Gasteiger partial charge < -0.3 is 10.2 Å². The average molecular weight is 220 g/mol. The fourth-order valence-corrected chi connectivity index (χ4v) is 0. The van der Waals surface area contributed by atoms with E-state index in [0.717, 1.165) is 6.08 Å². The Morgan fingerprint density at radius 3 is 1.46 bits per heavy atom. The van der Waals surface area contributed by atoms with Crippen LogP contribution in [0.5, 0.6) is 0 Å². The quantitative estimate of drug-likeness (QED) is 0.440. The van der Waals surface area contributed by atoms with Gasteiger partial charge in [-0.3, -0.25) is 0 Å². The summed E-state index contributed by atoms with van der Waals surface area (Å²) >= 11 is 0. The van der Waals surface area contributed by atoms with E-state index in [9.17, 15) is 9.59 Å². The zero-order chi connectivity index (χ0) is 11.4. The van der Waals surface area contributed by atoms with Crippen molar-refractivity contribution >= 4 is 31.5 Å². The Labute approximate surface area is 83.6 Å². The number of aliphatic carboxylic acids is 2. The molecule has 0 heterocycles. The van der Waals surface area contributed by atoms with Gasteiger partial charge in [0.15, 0.2) is 0 Å². The van der Waals surface area contributed by atoms with Crippen molar-refractivity contribution in [3.8, 4) is 0 Å². The summed E-state index contributed by atoms with van der Waals surface area (Å²) < 4.78 is 0. The number of carbonyl (C=O) groups is 2. The second-order valence-corrected chi connectivity index (χ2v) is 1.63. The maximum absolute atomic E-state index is 9.60. The highest BCUT2D eigenvalue weighted by molar-refractivity contribution is 6.75. The molecule has 0 rings (SSSR count). The first-order valence-corrected chi connectivity index (χ1v) is 11.7. The van der Waals surface area contributed by atoms with Gasteiger partial charge in [0.25, 0.3) is 0 Å². The maximum atomic E-state index is 9.60. The van der Waals surface area contributed by atoms with Gasteiger partial charge in [-0.2, -0.15) is 0 Å². The van der Waals surface area contributed by atoms with Gasteiger partial charge in [0.1, 0.15) is 0 Å². The third-order valence-electron chi connectivity index (χ3n) is 0.540. The molecule has 0 amide bonds. The van der Waals surface area contributed by atoms with Crippen LogP contribution in [0.25, 0.3) is 0 Å². The lowest BCUT2D eigenvalue weighted by atomic mass is 10.4. The Kier molecular flexibility index (Phi) is 18.4. The number of hydrogen-bond donors (Lipinski definition) is 2. The molecule has 0 aromatic heterocycles. The monoisotopic (exact) mass is 220 g/mol. The summed E-state index contributed by atoms with van der Waals surface area (Å²) in [6.45, 7) is 7.56. The molecule has 0 aliphatic rings. The van der Waals surface area contributed by atoms with Crippen molar-refractivity contribution in [2.45, 2.75) is 6.92 Å². The second-order valence-electron chi connectivity index (χ2n) is 1.63. The van der Waals surface area contributed by atoms with Crippen LogP contribution in [0.3, 0.4) is 0 Å². The minimum absolute atomic E-state index is 0.176. The van der Waals surface area contributed by atoms with Gasteiger partial charge in [-0.05, 0) is 26.4 Å². The van der Waals surface area contributed by atoms with Crippen molar-refractivity contribution in [2.75, 3.05) is 0 Å². The molecule has 0 saturated carbocycles. The smallest absolute Gasteiger partial charge is 0.330 e. The lowest BCUT2D eigenvalue weighted by molar-refractivity contribution is -0.133. The van der Waals surface area contributed by atoms with E-state index in [1.807, 2.05) is 0 Å². The van der Waals surface area contributed by atoms with E-state index in [-0.39, 0.29) is 5.57 Å². The van der Waals surface area contributed by atoms with E-state index in [4.69, 9.17) is 10.2 Å². The summed E-state index contributed by atoms with van der Waals surface area (Å²) in [6.07, 6.45) is 0.833. The first kappa shape index (κ1) is 17.8. The topological polar surface area (TPSA) is 74.6 Å². The van der Waals surface area contributed by atoms with Crippen LogP contribution in [0.15, 0.2) is 24.8 Å². The average Bonchev–Trinajstić information content (AvgIpc) is 2.09.